The quantitative estimate of drug-likeness (QED) is 0.804. The molecule has 1 aliphatic heterocycles. The van der Waals surface area contributed by atoms with E-state index in [1.165, 1.54) is 0 Å². The smallest absolute Gasteiger partial charge is 0.311 e. The molecule has 120 valence electrons. The van der Waals surface area contributed by atoms with E-state index in [9.17, 15) is 13.2 Å². The van der Waals surface area contributed by atoms with E-state index in [0.717, 1.165) is 25.9 Å². The van der Waals surface area contributed by atoms with Gasteiger partial charge in [-0.05, 0) is 18.3 Å². The highest BCUT2D eigenvalue weighted by atomic mass is 19.4. The zero-order chi connectivity index (χ0) is 15.3. The highest BCUT2D eigenvalue weighted by molar-refractivity contribution is 4.89. The number of nitrogens with one attached hydrogen (secondary N) is 1. The van der Waals surface area contributed by atoms with Crippen LogP contribution in [0.4, 0.5) is 13.2 Å². The molecule has 0 spiro atoms. The minimum atomic E-state index is -4.06. The summed E-state index contributed by atoms with van der Waals surface area (Å²) in [4.78, 5) is 2.06. The Bertz CT molecular complexity index is 279. The van der Waals surface area contributed by atoms with Crippen molar-refractivity contribution in [2.24, 2.45) is 11.8 Å². The van der Waals surface area contributed by atoms with Gasteiger partial charge in [0.25, 0.3) is 0 Å². The summed E-state index contributed by atoms with van der Waals surface area (Å²) in [5.74, 6) is 1.01. The molecule has 3 unspecified atom stereocenters. The van der Waals surface area contributed by atoms with Crippen LogP contribution in [0.3, 0.4) is 0 Å². The first-order valence-corrected chi connectivity index (χ1v) is 7.77. The number of hydrogen-bond acceptors (Lipinski definition) is 2. The third-order valence-corrected chi connectivity index (χ3v) is 4.32. The van der Waals surface area contributed by atoms with Crippen LogP contribution in [0, 0.1) is 11.8 Å². The zero-order valence-corrected chi connectivity index (χ0v) is 13.1. The Morgan fingerprint density at radius 3 is 2.40 bits per heavy atom. The van der Waals surface area contributed by atoms with Crippen molar-refractivity contribution in [1.82, 2.24) is 10.2 Å². The second-order valence-electron chi connectivity index (χ2n) is 6.54. The van der Waals surface area contributed by atoms with E-state index in [1.807, 2.05) is 0 Å². The number of halogens is 3. The molecule has 1 saturated heterocycles. The Morgan fingerprint density at radius 2 is 1.90 bits per heavy atom. The fraction of sp³-hybridized carbons (Fsp3) is 1.00. The van der Waals surface area contributed by atoms with E-state index in [2.05, 4.69) is 37.9 Å². The molecule has 0 saturated carbocycles. The van der Waals surface area contributed by atoms with Gasteiger partial charge in [0.05, 0.1) is 6.42 Å². The molecule has 0 aromatic heterocycles. The lowest BCUT2D eigenvalue weighted by Crippen LogP contribution is -2.59. The fourth-order valence-corrected chi connectivity index (χ4v) is 2.87. The van der Waals surface area contributed by atoms with E-state index >= 15 is 0 Å². The van der Waals surface area contributed by atoms with Crippen LogP contribution in [0.5, 0.6) is 0 Å². The van der Waals surface area contributed by atoms with Gasteiger partial charge < -0.3 is 5.32 Å². The number of alkyl halides is 3. The summed E-state index contributed by atoms with van der Waals surface area (Å²) in [7, 11) is 0. The second-order valence-corrected chi connectivity index (χ2v) is 6.54. The molecule has 1 aliphatic rings. The van der Waals surface area contributed by atoms with Crippen molar-refractivity contribution >= 4 is 0 Å². The Morgan fingerprint density at radius 1 is 1.25 bits per heavy atom. The molecule has 20 heavy (non-hydrogen) atoms. The molecule has 0 aromatic rings. The monoisotopic (exact) mass is 294 g/mol. The van der Waals surface area contributed by atoms with Crippen molar-refractivity contribution in [2.45, 2.75) is 65.2 Å². The third kappa shape index (κ3) is 6.00. The molecule has 0 bridgehead atoms. The maximum absolute atomic E-state index is 12.5. The first kappa shape index (κ1) is 17.8. The van der Waals surface area contributed by atoms with Crippen molar-refractivity contribution < 1.29 is 13.2 Å². The van der Waals surface area contributed by atoms with E-state index in [1.54, 1.807) is 0 Å². The van der Waals surface area contributed by atoms with E-state index < -0.39 is 12.6 Å². The van der Waals surface area contributed by atoms with E-state index in [4.69, 9.17) is 0 Å². The van der Waals surface area contributed by atoms with Crippen molar-refractivity contribution in [3.8, 4) is 0 Å². The van der Waals surface area contributed by atoms with Gasteiger partial charge in [-0.15, -0.1) is 0 Å². The Hall–Kier alpha value is -0.290. The van der Waals surface area contributed by atoms with Crippen LogP contribution in [0.2, 0.25) is 0 Å². The largest absolute Gasteiger partial charge is 0.390 e. The van der Waals surface area contributed by atoms with Crippen LogP contribution in [0.25, 0.3) is 0 Å². The maximum Gasteiger partial charge on any atom is 0.390 e. The highest BCUT2D eigenvalue weighted by Gasteiger charge is 2.34. The van der Waals surface area contributed by atoms with Crippen LogP contribution in [-0.2, 0) is 0 Å². The summed E-state index contributed by atoms with van der Waals surface area (Å²) in [6.07, 6.45) is -2.74. The number of hydrogen-bond donors (Lipinski definition) is 1. The van der Waals surface area contributed by atoms with Crippen molar-refractivity contribution in [1.29, 1.82) is 0 Å². The molecule has 1 rings (SSSR count). The molecule has 0 amide bonds. The molecular formula is C15H29F3N2. The predicted molar refractivity (Wildman–Crippen MR) is 76.7 cm³/mol. The van der Waals surface area contributed by atoms with Gasteiger partial charge in [-0.1, -0.05) is 34.1 Å². The van der Waals surface area contributed by atoms with E-state index in [0.29, 0.717) is 17.9 Å². The molecular weight excluding hydrogens is 265 g/mol. The van der Waals surface area contributed by atoms with Crippen LogP contribution >= 0.6 is 0 Å². The summed E-state index contributed by atoms with van der Waals surface area (Å²) >= 11 is 0. The fourth-order valence-electron chi connectivity index (χ4n) is 2.87. The summed E-state index contributed by atoms with van der Waals surface area (Å²) < 4.78 is 37.4. The molecule has 1 heterocycles. The predicted octanol–water partition coefficient (Wildman–Crippen LogP) is 3.67. The van der Waals surface area contributed by atoms with Gasteiger partial charge >= 0.3 is 6.18 Å². The molecule has 0 radical (unpaired) electrons. The van der Waals surface area contributed by atoms with Gasteiger partial charge in [0.2, 0.25) is 0 Å². The molecule has 1 N–H and O–H groups in total. The molecule has 0 aliphatic carbocycles. The van der Waals surface area contributed by atoms with Gasteiger partial charge in [-0.3, -0.25) is 4.90 Å². The minimum Gasteiger partial charge on any atom is -0.311 e. The minimum absolute atomic E-state index is 0.134. The van der Waals surface area contributed by atoms with E-state index in [-0.39, 0.29) is 12.6 Å². The average molecular weight is 294 g/mol. The van der Waals surface area contributed by atoms with Gasteiger partial charge in [-0.2, -0.15) is 13.2 Å². The van der Waals surface area contributed by atoms with Gasteiger partial charge in [0, 0.05) is 31.7 Å². The summed E-state index contributed by atoms with van der Waals surface area (Å²) in [6, 6.07) is 0.550. The summed E-state index contributed by atoms with van der Waals surface area (Å²) in [5, 5.41) is 3.53. The van der Waals surface area contributed by atoms with Crippen molar-refractivity contribution in [3.05, 3.63) is 0 Å². The van der Waals surface area contributed by atoms with Crippen LogP contribution in [0.1, 0.15) is 47.0 Å². The topological polar surface area (TPSA) is 15.3 Å². The third-order valence-electron chi connectivity index (χ3n) is 4.32. The van der Waals surface area contributed by atoms with Crippen molar-refractivity contribution in [3.63, 3.8) is 0 Å². The lowest BCUT2D eigenvalue weighted by Gasteiger charge is -2.43. The van der Waals surface area contributed by atoms with Gasteiger partial charge in [0.1, 0.15) is 0 Å². The number of piperazine rings is 1. The first-order chi connectivity index (χ1) is 9.23. The Balaban J connectivity index is 2.62. The standard InChI is InChI=1S/C15H29F3N2/c1-5-12(4)14-10-20(7-6-15(16,17)18)13(9-19-14)8-11(2)3/h11-14,19H,5-10H2,1-4H3. The molecule has 5 heteroatoms. The molecule has 0 aromatic carbocycles. The first-order valence-electron chi connectivity index (χ1n) is 7.77. The SMILES string of the molecule is CCC(C)C1CN(CCC(F)(F)F)C(CC(C)C)CN1. The number of rotatable bonds is 6. The summed E-state index contributed by atoms with van der Waals surface area (Å²) in [5.41, 5.74) is 0. The van der Waals surface area contributed by atoms with Gasteiger partial charge in [-0.25, -0.2) is 0 Å². The molecule has 3 atom stereocenters. The van der Waals surface area contributed by atoms with Crippen molar-refractivity contribution in [2.75, 3.05) is 19.6 Å². The highest BCUT2D eigenvalue weighted by Crippen LogP contribution is 2.24. The molecule has 2 nitrogen and oxygen atoms in total. The van der Waals surface area contributed by atoms with Crippen LogP contribution < -0.4 is 5.32 Å². The molecule has 1 fully saturated rings. The van der Waals surface area contributed by atoms with Crippen LogP contribution in [-0.4, -0.2) is 42.8 Å². The van der Waals surface area contributed by atoms with Gasteiger partial charge in [0.15, 0.2) is 0 Å². The Labute approximate surface area is 121 Å². The summed E-state index contributed by atoms with van der Waals surface area (Å²) in [6.45, 7) is 10.2. The average Bonchev–Trinajstić information content (AvgIpc) is 2.35. The maximum atomic E-state index is 12.5. The lowest BCUT2D eigenvalue weighted by atomic mass is 9.92. The normalized spacial score (nSPS) is 27.0. The zero-order valence-electron chi connectivity index (χ0n) is 13.1. The van der Waals surface area contributed by atoms with Crippen LogP contribution in [0.15, 0.2) is 0 Å². The second kappa shape index (κ2) is 7.64. The Kier molecular flexibility index (Phi) is 6.79. The lowest BCUT2D eigenvalue weighted by molar-refractivity contribution is -0.140. The number of nitrogens with zero attached hydrogens (tertiary/aromatic N) is 1.